The third-order valence-electron chi connectivity index (χ3n) is 4.33. The van der Waals surface area contributed by atoms with Crippen LogP contribution in [0.15, 0.2) is 36.7 Å². The Balaban J connectivity index is 1.63. The van der Waals surface area contributed by atoms with Crippen LogP contribution in [0.4, 0.5) is 4.39 Å². The fraction of sp³-hybridized carbons (Fsp3) is 0.412. The van der Waals surface area contributed by atoms with Gasteiger partial charge in [-0.1, -0.05) is 12.1 Å². The number of carbonyl (C=O) groups excluding carboxylic acids is 1. The molecule has 2 aromatic rings. The van der Waals surface area contributed by atoms with Crippen molar-refractivity contribution in [3.63, 3.8) is 0 Å². The van der Waals surface area contributed by atoms with E-state index in [1.807, 2.05) is 31.0 Å². The van der Waals surface area contributed by atoms with Crippen molar-refractivity contribution in [2.75, 3.05) is 20.1 Å². The van der Waals surface area contributed by atoms with Crippen molar-refractivity contribution < 1.29 is 9.18 Å². The molecule has 0 radical (unpaired) electrons. The summed E-state index contributed by atoms with van der Waals surface area (Å²) < 4.78 is 14.8. The highest BCUT2D eigenvalue weighted by molar-refractivity contribution is 5.81. The number of benzene rings is 1. The van der Waals surface area contributed by atoms with E-state index in [9.17, 15) is 9.18 Å². The highest BCUT2D eigenvalue weighted by atomic mass is 19.1. The SMILES string of the molecule is C[C@@H]1C(=O)N(C)CCN1Cc1cnn(Cc2ccc(F)cc2)c1. The Morgan fingerprint density at radius 1 is 1.17 bits per heavy atom. The fourth-order valence-electron chi connectivity index (χ4n) is 2.86. The Morgan fingerprint density at radius 2 is 1.91 bits per heavy atom. The maximum Gasteiger partial charge on any atom is 0.239 e. The molecule has 1 aromatic carbocycles. The first kappa shape index (κ1) is 15.7. The van der Waals surface area contributed by atoms with Gasteiger partial charge in [-0.05, 0) is 24.6 Å². The van der Waals surface area contributed by atoms with Gasteiger partial charge in [0.15, 0.2) is 0 Å². The Morgan fingerprint density at radius 3 is 2.65 bits per heavy atom. The molecular formula is C17H21FN4O. The number of hydrogen-bond acceptors (Lipinski definition) is 3. The molecule has 1 amide bonds. The number of halogens is 1. The second-order valence-electron chi connectivity index (χ2n) is 6.08. The number of hydrogen-bond donors (Lipinski definition) is 0. The van der Waals surface area contributed by atoms with Gasteiger partial charge in [0.2, 0.25) is 5.91 Å². The Kier molecular flexibility index (Phi) is 4.43. The molecule has 1 saturated heterocycles. The van der Waals surface area contributed by atoms with Gasteiger partial charge in [-0.15, -0.1) is 0 Å². The van der Waals surface area contributed by atoms with Gasteiger partial charge < -0.3 is 4.90 Å². The van der Waals surface area contributed by atoms with Crippen LogP contribution in [0, 0.1) is 5.82 Å². The summed E-state index contributed by atoms with van der Waals surface area (Å²) in [5.74, 6) is -0.0708. The molecule has 0 aliphatic carbocycles. The first-order valence-electron chi connectivity index (χ1n) is 7.78. The number of piperazine rings is 1. The van der Waals surface area contributed by atoms with Crippen LogP contribution in [0.3, 0.4) is 0 Å². The maximum absolute atomic E-state index is 12.9. The zero-order valence-electron chi connectivity index (χ0n) is 13.4. The van der Waals surface area contributed by atoms with Gasteiger partial charge >= 0.3 is 0 Å². The summed E-state index contributed by atoms with van der Waals surface area (Å²) in [6.45, 7) is 4.89. The lowest BCUT2D eigenvalue weighted by Gasteiger charge is -2.37. The standard InChI is InChI=1S/C17H21FN4O/c1-13-17(23)20(2)7-8-21(13)10-15-9-19-22(12-15)11-14-3-5-16(18)6-4-14/h3-6,9,12-13H,7-8,10-11H2,1-2H3/t13-/m1/s1. The van der Waals surface area contributed by atoms with E-state index >= 15 is 0 Å². The predicted octanol–water partition coefficient (Wildman–Crippen LogP) is 1.73. The second kappa shape index (κ2) is 6.50. The molecule has 1 aliphatic heterocycles. The van der Waals surface area contributed by atoms with E-state index in [1.165, 1.54) is 12.1 Å². The fourth-order valence-corrected chi connectivity index (χ4v) is 2.86. The Labute approximate surface area is 135 Å². The van der Waals surface area contributed by atoms with Gasteiger partial charge in [-0.2, -0.15) is 5.10 Å². The Hall–Kier alpha value is -2.21. The van der Waals surface area contributed by atoms with E-state index in [-0.39, 0.29) is 17.8 Å². The van der Waals surface area contributed by atoms with Crippen LogP contribution in [0.5, 0.6) is 0 Å². The monoisotopic (exact) mass is 316 g/mol. The van der Waals surface area contributed by atoms with Crippen LogP contribution in [-0.2, 0) is 17.9 Å². The van der Waals surface area contributed by atoms with Gasteiger partial charge in [0, 0.05) is 38.4 Å². The number of likely N-dealkylation sites (N-methyl/N-ethyl adjacent to an activating group) is 1. The normalized spacial score (nSPS) is 19.3. The van der Waals surface area contributed by atoms with Gasteiger partial charge in [-0.25, -0.2) is 4.39 Å². The third kappa shape index (κ3) is 3.59. The summed E-state index contributed by atoms with van der Waals surface area (Å²) >= 11 is 0. The van der Waals surface area contributed by atoms with Crippen molar-refractivity contribution in [3.8, 4) is 0 Å². The van der Waals surface area contributed by atoms with Gasteiger partial charge in [0.1, 0.15) is 5.82 Å². The van der Waals surface area contributed by atoms with E-state index in [1.54, 1.807) is 17.0 Å². The second-order valence-corrected chi connectivity index (χ2v) is 6.08. The lowest BCUT2D eigenvalue weighted by Crippen LogP contribution is -2.53. The van der Waals surface area contributed by atoms with Gasteiger partial charge in [-0.3, -0.25) is 14.4 Å². The molecule has 122 valence electrons. The zero-order valence-corrected chi connectivity index (χ0v) is 13.4. The van der Waals surface area contributed by atoms with Crippen LogP contribution in [0.1, 0.15) is 18.1 Å². The quantitative estimate of drug-likeness (QED) is 0.863. The first-order chi connectivity index (χ1) is 11.0. The van der Waals surface area contributed by atoms with Crippen LogP contribution < -0.4 is 0 Å². The first-order valence-corrected chi connectivity index (χ1v) is 7.78. The number of carbonyl (C=O) groups is 1. The van der Waals surface area contributed by atoms with Crippen LogP contribution in [0.25, 0.3) is 0 Å². The van der Waals surface area contributed by atoms with E-state index in [4.69, 9.17) is 0 Å². The zero-order chi connectivity index (χ0) is 16.4. The molecule has 5 nitrogen and oxygen atoms in total. The Bertz CT molecular complexity index is 682. The number of aromatic nitrogens is 2. The molecule has 23 heavy (non-hydrogen) atoms. The van der Waals surface area contributed by atoms with Crippen molar-refractivity contribution in [2.24, 2.45) is 0 Å². The largest absolute Gasteiger partial charge is 0.343 e. The molecule has 0 unspecified atom stereocenters. The number of amides is 1. The summed E-state index contributed by atoms with van der Waals surface area (Å²) in [4.78, 5) is 16.0. The molecule has 0 saturated carbocycles. The van der Waals surface area contributed by atoms with E-state index < -0.39 is 0 Å². The average Bonchev–Trinajstić information content (AvgIpc) is 2.97. The van der Waals surface area contributed by atoms with Gasteiger partial charge in [0.05, 0.1) is 18.8 Å². The minimum atomic E-state index is -0.233. The van der Waals surface area contributed by atoms with Crippen LogP contribution >= 0.6 is 0 Å². The van der Waals surface area contributed by atoms with Crippen molar-refractivity contribution >= 4 is 5.91 Å². The number of nitrogens with zero attached hydrogens (tertiary/aromatic N) is 4. The summed E-state index contributed by atoms with van der Waals surface area (Å²) in [6, 6.07) is 6.33. The summed E-state index contributed by atoms with van der Waals surface area (Å²) in [7, 11) is 1.84. The van der Waals surface area contributed by atoms with E-state index in [0.717, 1.165) is 24.2 Å². The van der Waals surface area contributed by atoms with Crippen molar-refractivity contribution in [1.82, 2.24) is 19.6 Å². The minimum Gasteiger partial charge on any atom is -0.343 e. The molecule has 0 N–H and O–H groups in total. The van der Waals surface area contributed by atoms with Crippen LogP contribution in [-0.4, -0.2) is 51.7 Å². The molecular weight excluding hydrogens is 295 g/mol. The average molecular weight is 316 g/mol. The molecule has 3 rings (SSSR count). The molecule has 6 heteroatoms. The molecule has 1 atom stereocenters. The highest BCUT2D eigenvalue weighted by Gasteiger charge is 2.29. The maximum atomic E-state index is 12.9. The molecule has 1 fully saturated rings. The minimum absolute atomic E-state index is 0.103. The smallest absolute Gasteiger partial charge is 0.239 e. The van der Waals surface area contributed by atoms with Crippen molar-refractivity contribution in [1.29, 1.82) is 0 Å². The molecule has 1 aliphatic rings. The van der Waals surface area contributed by atoms with Crippen molar-refractivity contribution in [2.45, 2.75) is 26.1 Å². The van der Waals surface area contributed by atoms with E-state index in [0.29, 0.717) is 13.1 Å². The van der Waals surface area contributed by atoms with Gasteiger partial charge in [0.25, 0.3) is 0 Å². The molecule has 0 bridgehead atoms. The lowest BCUT2D eigenvalue weighted by molar-refractivity contribution is -0.139. The van der Waals surface area contributed by atoms with Crippen molar-refractivity contribution in [3.05, 3.63) is 53.6 Å². The molecule has 1 aromatic heterocycles. The van der Waals surface area contributed by atoms with E-state index in [2.05, 4.69) is 10.00 Å². The summed E-state index contributed by atoms with van der Waals surface area (Å²) in [5.41, 5.74) is 2.08. The summed E-state index contributed by atoms with van der Waals surface area (Å²) in [6.07, 6.45) is 3.82. The predicted molar refractivity (Wildman–Crippen MR) is 85.2 cm³/mol. The number of rotatable bonds is 4. The topological polar surface area (TPSA) is 41.4 Å². The lowest BCUT2D eigenvalue weighted by atomic mass is 10.1. The molecule has 2 heterocycles. The highest BCUT2D eigenvalue weighted by Crippen LogP contribution is 2.14. The molecule has 0 spiro atoms. The summed E-state index contributed by atoms with van der Waals surface area (Å²) in [5, 5.41) is 4.36. The third-order valence-corrected chi connectivity index (χ3v) is 4.33. The van der Waals surface area contributed by atoms with Crippen LogP contribution in [0.2, 0.25) is 0 Å².